The Kier molecular flexibility index (Phi) is 4.31. The Hall–Kier alpha value is -2.95. The lowest BCUT2D eigenvalue weighted by Crippen LogP contribution is -2.32. The lowest BCUT2D eigenvalue weighted by atomic mass is 9.90. The Labute approximate surface area is 175 Å². The molecule has 154 valence electrons. The molecule has 1 atom stereocenters. The second-order valence-corrected chi connectivity index (χ2v) is 8.63. The van der Waals surface area contributed by atoms with Crippen molar-refractivity contribution in [1.82, 2.24) is 9.55 Å². The highest BCUT2D eigenvalue weighted by Gasteiger charge is 2.34. The van der Waals surface area contributed by atoms with Crippen LogP contribution in [0.15, 0.2) is 29.1 Å². The normalized spacial score (nSPS) is 17.1. The summed E-state index contributed by atoms with van der Waals surface area (Å²) in [5.41, 5.74) is 7.72. The van der Waals surface area contributed by atoms with Crippen molar-refractivity contribution in [3.8, 4) is 11.4 Å². The summed E-state index contributed by atoms with van der Waals surface area (Å²) in [5.74, 6) is -0.173. The first-order valence-electron chi connectivity index (χ1n) is 10.8. The molecular weight excluding hydrogens is 376 g/mol. The predicted molar refractivity (Wildman–Crippen MR) is 117 cm³/mol. The molecule has 30 heavy (non-hydrogen) atoms. The topological polar surface area (TPSA) is 61.2 Å². The minimum Gasteiger partial charge on any atom is -0.460 e. The fourth-order valence-corrected chi connectivity index (χ4v) is 4.96. The van der Waals surface area contributed by atoms with Gasteiger partial charge in [-0.05, 0) is 53.6 Å². The Morgan fingerprint density at radius 2 is 1.97 bits per heavy atom. The molecule has 2 aliphatic rings. The van der Waals surface area contributed by atoms with Crippen LogP contribution < -0.4 is 5.56 Å². The highest BCUT2D eigenvalue weighted by atomic mass is 16.5. The number of aromatic nitrogens is 2. The van der Waals surface area contributed by atoms with Crippen LogP contribution >= 0.6 is 0 Å². The SMILES string of the molecule is CCc1c2c(nc3ccc(C(C)C)cc13)-c1cc3c(c(=O)n1C2)COC(=O)C3CC. The minimum absolute atomic E-state index is 0.0552. The van der Waals surface area contributed by atoms with Gasteiger partial charge in [0.15, 0.2) is 0 Å². The van der Waals surface area contributed by atoms with Gasteiger partial charge in [0.1, 0.15) is 6.61 Å². The number of benzene rings is 1. The summed E-state index contributed by atoms with van der Waals surface area (Å²) in [6.07, 6.45) is 1.50. The Morgan fingerprint density at radius 3 is 2.67 bits per heavy atom. The van der Waals surface area contributed by atoms with Crippen molar-refractivity contribution in [1.29, 1.82) is 0 Å². The number of esters is 1. The third-order valence-corrected chi connectivity index (χ3v) is 6.67. The van der Waals surface area contributed by atoms with E-state index in [4.69, 9.17) is 9.72 Å². The number of carbonyl (C=O) groups is 1. The summed E-state index contributed by atoms with van der Waals surface area (Å²) in [6.45, 7) is 9.09. The molecule has 5 nitrogen and oxygen atoms in total. The monoisotopic (exact) mass is 402 g/mol. The number of nitrogens with zero attached hydrogens (tertiary/aromatic N) is 2. The average molecular weight is 402 g/mol. The lowest BCUT2D eigenvalue weighted by Gasteiger charge is -2.24. The molecule has 5 heteroatoms. The van der Waals surface area contributed by atoms with E-state index in [1.165, 1.54) is 16.5 Å². The molecule has 0 radical (unpaired) electrons. The molecule has 0 spiro atoms. The molecule has 5 rings (SSSR count). The lowest BCUT2D eigenvalue weighted by molar-refractivity contribution is -0.148. The van der Waals surface area contributed by atoms with E-state index in [2.05, 4.69) is 39.0 Å². The number of rotatable bonds is 3. The van der Waals surface area contributed by atoms with Crippen LogP contribution in [-0.4, -0.2) is 15.5 Å². The maximum atomic E-state index is 13.3. The van der Waals surface area contributed by atoms with E-state index in [1.807, 2.05) is 17.6 Å². The number of aryl methyl sites for hydroxylation is 1. The van der Waals surface area contributed by atoms with Crippen LogP contribution in [0.4, 0.5) is 0 Å². The van der Waals surface area contributed by atoms with Crippen molar-refractivity contribution in [2.45, 2.75) is 65.5 Å². The van der Waals surface area contributed by atoms with Gasteiger partial charge in [0.25, 0.3) is 5.56 Å². The van der Waals surface area contributed by atoms with Crippen LogP contribution in [0.1, 0.15) is 73.8 Å². The van der Waals surface area contributed by atoms with Crippen LogP contribution in [0.3, 0.4) is 0 Å². The first-order chi connectivity index (χ1) is 14.4. The summed E-state index contributed by atoms with van der Waals surface area (Å²) in [5, 5.41) is 1.18. The molecule has 0 saturated carbocycles. The number of pyridine rings is 2. The molecule has 0 fully saturated rings. The molecule has 1 aromatic carbocycles. The number of cyclic esters (lactones) is 1. The van der Waals surface area contributed by atoms with Crippen LogP contribution in [-0.2, 0) is 29.1 Å². The highest BCUT2D eigenvalue weighted by Crippen LogP contribution is 2.39. The molecular formula is C25H26N2O3. The Morgan fingerprint density at radius 1 is 1.17 bits per heavy atom. The van der Waals surface area contributed by atoms with E-state index < -0.39 is 0 Å². The summed E-state index contributed by atoms with van der Waals surface area (Å²) in [7, 11) is 0. The number of carbonyl (C=O) groups excluding carboxylic acids is 1. The van der Waals surface area contributed by atoms with E-state index >= 15 is 0 Å². The second kappa shape index (κ2) is 6.79. The number of hydrogen-bond acceptors (Lipinski definition) is 4. The molecule has 0 amide bonds. The fraction of sp³-hybridized carbons (Fsp3) is 0.400. The van der Waals surface area contributed by atoms with Crippen LogP contribution in [0.5, 0.6) is 0 Å². The van der Waals surface area contributed by atoms with Crippen molar-refractivity contribution >= 4 is 16.9 Å². The zero-order valence-electron chi connectivity index (χ0n) is 17.9. The predicted octanol–water partition coefficient (Wildman–Crippen LogP) is 4.66. The van der Waals surface area contributed by atoms with Crippen molar-refractivity contribution in [2.75, 3.05) is 0 Å². The molecule has 0 saturated heterocycles. The molecule has 0 aliphatic carbocycles. The van der Waals surface area contributed by atoms with Gasteiger partial charge in [-0.1, -0.05) is 33.8 Å². The molecule has 2 aliphatic heterocycles. The van der Waals surface area contributed by atoms with Gasteiger partial charge in [-0.25, -0.2) is 4.98 Å². The van der Waals surface area contributed by atoms with Crippen LogP contribution in [0.2, 0.25) is 0 Å². The molecule has 2 aromatic heterocycles. The van der Waals surface area contributed by atoms with Gasteiger partial charge in [-0.15, -0.1) is 0 Å². The zero-order valence-corrected chi connectivity index (χ0v) is 17.9. The number of hydrogen-bond donors (Lipinski definition) is 0. The summed E-state index contributed by atoms with van der Waals surface area (Å²) in [4.78, 5) is 30.6. The van der Waals surface area contributed by atoms with Gasteiger partial charge in [-0.2, -0.15) is 0 Å². The van der Waals surface area contributed by atoms with Gasteiger partial charge in [0.2, 0.25) is 0 Å². The quantitative estimate of drug-likeness (QED) is 0.468. The highest BCUT2D eigenvalue weighted by molar-refractivity contribution is 5.89. The number of fused-ring (bicyclic) bond motifs is 5. The summed E-state index contributed by atoms with van der Waals surface area (Å²) in [6, 6.07) is 8.50. The Bertz CT molecular complexity index is 1270. The van der Waals surface area contributed by atoms with Gasteiger partial charge < -0.3 is 9.30 Å². The molecule has 3 aromatic rings. The molecule has 0 N–H and O–H groups in total. The Balaban J connectivity index is 1.78. The van der Waals surface area contributed by atoms with Gasteiger partial charge >= 0.3 is 5.97 Å². The van der Waals surface area contributed by atoms with Crippen molar-refractivity contribution in [3.05, 3.63) is 62.4 Å². The maximum Gasteiger partial charge on any atom is 0.313 e. The largest absolute Gasteiger partial charge is 0.460 e. The van der Waals surface area contributed by atoms with Crippen molar-refractivity contribution in [2.24, 2.45) is 0 Å². The third-order valence-electron chi connectivity index (χ3n) is 6.67. The van der Waals surface area contributed by atoms with E-state index in [0.717, 1.165) is 34.5 Å². The van der Waals surface area contributed by atoms with Gasteiger partial charge in [0, 0.05) is 10.9 Å². The van der Waals surface area contributed by atoms with Crippen LogP contribution in [0.25, 0.3) is 22.3 Å². The summed E-state index contributed by atoms with van der Waals surface area (Å²) < 4.78 is 7.11. The van der Waals surface area contributed by atoms with Gasteiger partial charge in [0.05, 0.1) is 34.9 Å². The molecule has 4 heterocycles. The minimum atomic E-state index is -0.379. The van der Waals surface area contributed by atoms with Gasteiger partial charge in [-0.3, -0.25) is 9.59 Å². The first-order valence-corrected chi connectivity index (χ1v) is 10.8. The van der Waals surface area contributed by atoms with Crippen molar-refractivity contribution in [3.63, 3.8) is 0 Å². The first kappa shape index (κ1) is 19.0. The fourth-order valence-electron chi connectivity index (χ4n) is 4.96. The van der Waals surface area contributed by atoms with E-state index in [1.54, 1.807) is 0 Å². The van der Waals surface area contributed by atoms with E-state index in [9.17, 15) is 9.59 Å². The number of ether oxygens (including phenoxy) is 1. The zero-order chi connectivity index (χ0) is 21.2. The second-order valence-electron chi connectivity index (χ2n) is 8.63. The third kappa shape index (κ3) is 2.57. The smallest absolute Gasteiger partial charge is 0.313 e. The molecule has 0 bridgehead atoms. The van der Waals surface area contributed by atoms with E-state index in [-0.39, 0.29) is 24.1 Å². The van der Waals surface area contributed by atoms with E-state index in [0.29, 0.717) is 24.4 Å². The maximum absolute atomic E-state index is 13.3. The summed E-state index contributed by atoms with van der Waals surface area (Å²) >= 11 is 0. The standard InChI is InChI=1S/C25H26N2O3/c1-5-15-18-9-14(13(3)4)7-8-21(18)26-23-19(15)11-27-22(23)10-17-16(6-2)25(29)30-12-20(17)24(27)28/h7-10,13,16H,5-6,11-12H2,1-4H3. The average Bonchev–Trinajstić information content (AvgIpc) is 3.10. The molecule has 1 unspecified atom stereocenters. The van der Waals surface area contributed by atoms with Crippen molar-refractivity contribution < 1.29 is 9.53 Å². The van der Waals surface area contributed by atoms with Crippen LogP contribution in [0, 0.1) is 0 Å².